The number of nitrogens with zero attached hydrogens (tertiary/aromatic N) is 3. The highest BCUT2D eigenvalue weighted by atomic mass is 35.5. The summed E-state index contributed by atoms with van der Waals surface area (Å²) in [4.78, 5) is 23.8. The average Bonchev–Trinajstić information content (AvgIpc) is 2.71. The van der Waals surface area contributed by atoms with Crippen LogP contribution in [0.2, 0.25) is 5.02 Å². The van der Waals surface area contributed by atoms with E-state index in [0.717, 1.165) is 29.9 Å². The SMILES string of the molecule is CC1CN(c2ccc(CNC(=O)c3cc(Cl)cc4cccnc34)cn2)CC(C)O1. The van der Waals surface area contributed by atoms with Crippen molar-refractivity contribution in [3.05, 3.63) is 64.9 Å². The fourth-order valence-corrected chi connectivity index (χ4v) is 3.91. The molecule has 29 heavy (non-hydrogen) atoms. The predicted molar refractivity (Wildman–Crippen MR) is 114 cm³/mol. The summed E-state index contributed by atoms with van der Waals surface area (Å²) in [7, 11) is 0. The summed E-state index contributed by atoms with van der Waals surface area (Å²) in [5.74, 6) is 0.711. The number of morpholine rings is 1. The lowest BCUT2D eigenvalue weighted by Crippen LogP contribution is -2.45. The quantitative estimate of drug-likeness (QED) is 0.708. The van der Waals surface area contributed by atoms with E-state index in [9.17, 15) is 4.79 Å². The third-order valence-electron chi connectivity index (χ3n) is 4.92. The fraction of sp³-hybridized carbons (Fsp3) is 0.318. The minimum absolute atomic E-state index is 0.181. The van der Waals surface area contributed by atoms with E-state index in [0.29, 0.717) is 22.6 Å². The van der Waals surface area contributed by atoms with Crippen LogP contribution in [0.15, 0.2) is 48.8 Å². The van der Waals surface area contributed by atoms with Gasteiger partial charge in [-0.25, -0.2) is 4.98 Å². The molecule has 1 aliphatic heterocycles. The number of pyridine rings is 2. The summed E-state index contributed by atoms with van der Waals surface area (Å²) in [6.07, 6.45) is 3.83. The minimum atomic E-state index is -0.212. The normalized spacial score (nSPS) is 19.3. The largest absolute Gasteiger partial charge is 0.372 e. The van der Waals surface area contributed by atoms with Crippen molar-refractivity contribution in [3.8, 4) is 0 Å². The summed E-state index contributed by atoms with van der Waals surface area (Å²) in [6, 6.07) is 11.1. The van der Waals surface area contributed by atoms with Crippen molar-refractivity contribution in [2.45, 2.75) is 32.6 Å². The van der Waals surface area contributed by atoms with Crippen LogP contribution in [-0.2, 0) is 11.3 Å². The van der Waals surface area contributed by atoms with E-state index in [1.165, 1.54) is 0 Å². The molecule has 0 bridgehead atoms. The predicted octanol–water partition coefficient (Wildman–Crippen LogP) is 3.83. The zero-order valence-electron chi connectivity index (χ0n) is 16.4. The summed E-state index contributed by atoms with van der Waals surface area (Å²) in [6.45, 7) is 6.16. The van der Waals surface area contributed by atoms with Crippen LogP contribution in [0.5, 0.6) is 0 Å². The van der Waals surface area contributed by atoms with E-state index in [2.05, 4.69) is 34.0 Å². The smallest absolute Gasteiger partial charge is 0.253 e. The number of hydrogen-bond donors (Lipinski definition) is 1. The Morgan fingerprint density at radius 1 is 1.21 bits per heavy atom. The average molecular weight is 411 g/mol. The van der Waals surface area contributed by atoms with E-state index in [1.807, 2.05) is 24.3 Å². The standard InChI is InChI=1S/C22H23ClN4O2/c1-14-12-27(13-15(2)29-14)20-6-5-16(10-25-20)11-26-22(28)19-9-18(23)8-17-4-3-7-24-21(17)19/h3-10,14-15H,11-13H2,1-2H3,(H,26,28). The highest BCUT2D eigenvalue weighted by molar-refractivity contribution is 6.32. The molecular weight excluding hydrogens is 388 g/mol. The summed E-state index contributed by atoms with van der Waals surface area (Å²) in [5.41, 5.74) is 2.03. The fourth-order valence-electron chi connectivity index (χ4n) is 3.68. The van der Waals surface area contributed by atoms with E-state index in [-0.39, 0.29) is 18.1 Å². The van der Waals surface area contributed by atoms with Gasteiger partial charge in [-0.2, -0.15) is 0 Å². The molecule has 4 rings (SSSR count). The van der Waals surface area contributed by atoms with Gasteiger partial charge in [0.2, 0.25) is 0 Å². The Morgan fingerprint density at radius 2 is 2.00 bits per heavy atom. The first-order chi connectivity index (χ1) is 14.0. The number of aromatic nitrogens is 2. The number of rotatable bonds is 4. The Morgan fingerprint density at radius 3 is 2.72 bits per heavy atom. The Balaban J connectivity index is 1.44. The number of carbonyl (C=O) groups is 1. The Labute approximate surface area is 174 Å². The Hall–Kier alpha value is -2.70. The number of benzene rings is 1. The van der Waals surface area contributed by atoms with Crippen molar-refractivity contribution in [1.29, 1.82) is 0 Å². The van der Waals surface area contributed by atoms with Gasteiger partial charge in [-0.1, -0.05) is 23.7 Å². The number of carbonyl (C=O) groups excluding carboxylic acids is 1. The molecule has 1 saturated heterocycles. The van der Waals surface area contributed by atoms with Crippen molar-refractivity contribution >= 4 is 34.2 Å². The van der Waals surface area contributed by atoms with E-state index < -0.39 is 0 Å². The van der Waals surface area contributed by atoms with E-state index >= 15 is 0 Å². The molecule has 1 N–H and O–H groups in total. The molecule has 1 amide bonds. The maximum atomic E-state index is 12.7. The number of hydrogen-bond acceptors (Lipinski definition) is 5. The van der Waals surface area contributed by atoms with Crippen molar-refractivity contribution in [3.63, 3.8) is 0 Å². The van der Waals surface area contributed by atoms with Gasteiger partial charge in [0.25, 0.3) is 5.91 Å². The van der Waals surface area contributed by atoms with Gasteiger partial charge in [-0.15, -0.1) is 0 Å². The second-order valence-electron chi connectivity index (χ2n) is 7.40. The van der Waals surface area contributed by atoms with Crippen LogP contribution in [0, 0.1) is 0 Å². The third-order valence-corrected chi connectivity index (χ3v) is 5.14. The molecule has 2 aromatic heterocycles. The summed E-state index contributed by atoms with van der Waals surface area (Å²) in [5, 5.41) is 4.28. The van der Waals surface area contributed by atoms with Crippen LogP contribution >= 0.6 is 11.6 Å². The van der Waals surface area contributed by atoms with Gasteiger partial charge in [-0.05, 0) is 43.7 Å². The maximum Gasteiger partial charge on any atom is 0.253 e. The lowest BCUT2D eigenvalue weighted by Gasteiger charge is -2.36. The molecule has 6 nitrogen and oxygen atoms in total. The molecule has 7 heteroatoms. The number of anilines is 1. The van der Waals surface area contributed by atoms with Crippen LogP contribution in [-0.4, -0.2) is 41.2 Å². The van der Waals surface area contributed by atoms with Crippen molar-refractivity contribution in [2.24, 2.45) is 0 Å². The molecule has 2 unspecified atom stereocenters. The second-order valence-corrected chi connectivity index (χ2v) is 7.83. The minimum Gasteiger partial charge on any atom is -0.372 e. The molecule has 0 radical (unpaired) electrons. The van der Waals surface area contributed by atoms with Gasteiger partial charge in [0.15, 0.2) is 0 Å². The number of amides is 1. The molecule has 0 spiro atoms. The van der Waals surface area contributed by atoms with Gasteiger partial charge in [0.1, 0.15) is 5.82 Å². The summed E-state index contributed by atoms with van der Waals surface area (Å²) < 4.78 is 5.78. The zero-order chi connectivity index (χ0) is 20.4. The lowest BCUT2D eigenvalue weighted by atomic mass is 10.1. The lowest BCUT2D eigenvalue weighted by molar-refractivity contribution is -0.00546. The van der Waals surface area contributed by atoms with Gasteiger partial charge < -0.3 is 15.0 Å². The summed E-state index contributed by atoms with van der Waals surface area (Å²) >= 11 is 6.17. The molecular formula is C22H23ClN4O2. The van der Waals surface area contributed by atoms with E-state index in [4.69, 9.17) is 16.3 Å². The van der Waals surface area contributed by atoms with Crippen molar-refractivity contribution in [1.82, 2.24) is 15.3 Å². The molecule has 150 valence electrons. The van der Waals surface area contributed by atoms with Crippen molar-refractivity contribution in [2.75, 3.05) is 18.0 Å². The Kier molecular flexibility index (Phi) is 5.65. The van der Waals surface area contributed by atoms with Gasteiger partial charge in [-0.3, -0.25) is 9.78 Å². The van der Waals surface area contributed by atoms with Crippen LogP contribution in [0.25, 0.3) is 10.9 Å². The highest BCUT2D eigenvalue weighted by Crippen LogP contribution is 2.22. The molecule has 0 aliphatic carbocycles. The highest BCUT2D eigenvalue weighted by Gasteiger charge is 2.23. The monoisotopic (exact) mass is 410 g/mol. The van der Waals surface area contributed by atoms with Gasteiger partial charge in [0.05, 0.1) is 23.3 Å². The molecule has 2 atom stereocenters. The number of fused-ring (bicyclic) bond motifs is 1. The Bertz CT molecular complexity index is 1020. The number of ether oxygens (including phenoxy) is 1. The second kappa shape index (κ2) is 8.35. The van der Waals surface area contributed by atoms with Gasteiger partial charge in [0, 0.05) is 42.4 Å². The zero-order valence-corrected chi connectivity index (χ0v) is 17.2. The molecule has 1 aromatic carbocycles. The van der Waals surface area contributed by atoms with E-state index in [1.54, 1.807) is 24.5 Å². The van der Waals surface area contributed by atoms with Crippen LogP contribution in [0.1, 0.15) is 29.8 Å². The van der Waals surface area contributed by atoms with Gasteiger partial charge >= 0.3 is 0 Å². The molecule has 3 aromatic rings. The number of halogens is 1. The first kappa shape index (κ1) is 19.6. The topological polar surface area (TPSA) is 67.4 Å². The molecule has 1 fully saturated rings. The number of nitrogens with one attached hydrogen (secondary N) is 1. The third kappa shape index (κ3) is 4.49. The maximum absolute atomic E-state index is 12.7. The van der Waals surface area contributed by atoms with Crippen molar-refractivity contribution < 1.29 is 9.53 Å². The first-order valence-corrected chi connectivity index (χ1v) is 10.0. The molecule has 3 heterocycles. The van der Waals surface area contributed by atoms with Crippen LogP contribution in [0.4, 0.5) is 5.82 Å². The molecule has 0 saturated carbocycles. The molecule has 1 aliphatic rings. The van der Waals surface area contributed by atoms with Crippen LogP contribution < -0.4 is 10.2 Å². The first-order valence-electron chi connectivity index (χ1n) is 9.67. The van der Waals surface area contributed by atoms with Crippen LogP contribution in [0.3, 0.4) is 0 Å².